The van der Waals surface area contributed by atoms with Crippen molar-refractivity contribution in [2.24, 2.45) is 5.84 Å². The van der Waals surface area contributed by atoms with Gasteiger partial charge in [-0.1, -0.05) is 12.1 Å². The Hall–Kier alpha value is -1.32. The van der Waals surface area contributed by atoms with Crippen molar-refractivity contribution in [1.29, 1.82) is 0 Å². The molecule has 2 aromatic rings. The van der Waals surface area contributed by atoms with Crippen molar-refractivity contribution >= 4 is 44.0 Å². The molecule has 2 rings (SSSR count). The molecule has 0 aliphatic heterocycles. The van der Waals surface area contributed by atoms with Crippen molar-refractivity contribution in [3.8, 4) is 0 Å². The van der Waals surface area contributed by atoms with E-state index in [1.807, 2.05) is 12.1 Å². The molecule has 0 unspecified atom stereocenters. The van der Waals surface area contributed by atoms with Gasteiger partial charge in [0.15, 0.2) is 0 Å². The van der Waals surface area contributed by atoms with Gasteiger partial charge < -0.3 is 5.43 Å². The molecular weight excluding hydrogens is 401 g/mol. The number of aryl methyl sites for hydroxylation is 2. The molecule has 112 valence electrons. The molecular formula is C14H16IN3O2S. The van der Waals surface area contributed by atoms with E-state index in [2.05, 4.69) is 32.7 Å². The van der Waals surface area contributed by atoms with Crippen LogP contribution in [0.2, 0.25) is 0 Å². The zero-order valence-electron chi connectivity index (χ0n) is 11.6. The monoisotopic (exact) mass is 417 g/mol. The summed E-state index contributed by atoms with van der Waals surface area (Å²) in [6.07, 6.45) is 0. The Balaban J connectivity index is 2.48. The second kappa shape index (κ2) is 6.20. The fraction of sp³-hybridized carbons (Fsp3) is 0.143. The molecule has 0 radical (unpaired) electrons. The molecule has 0 saturated carbocycles. The van der Waals surface area contributed by atoms with E-state index >= 15 is 0 Å². The summed E-state index contributed by atoms with van der Waals surface area (Å²) in [7, 11) is -3.65. The van der Waals surface area contributed by atoms with E-state index in [0.717, 1.165) is 3.57 Å². The predicted molar refractivity (Wildman–Crippen MR) is 93.7 cm³/mol. The number of nitrogens with one attached hydrogen (secondary N) is 2. The Morgan fingerprint density at radius 3 is 2.19 bits per heavy atom. The zero-order chi connectivity index (χ0) is 15.6. The largest absolute Gasteiger partial charge is 0.324 e. The molecule has 21 heavy (non-hydrogen) atoms. The molecule has 0 aromatic heterocycles. The summed E-state index contributed by atoms with van der Waals surface area (Å²) in [6, 6.07) is 10.6. The van der Waals surface area contributed by atoms with Crippen molar-refractivity contribution in [3.05, 3.63) is 51.1 Å². The second-order valence-electron chi connectivity index (χ2n) is 4.67. The molecule has 0 atom stereocenters. The maximum absolute atomic E-state index is 12.6. The number of hydrazine groups is 1. The quantitative estimate of drug-likeness (QED) is 0.406. The third-order valence-corrected chi connectivity index (χ3v) is 5.62. The fourth-order valence-corrected chi connectivity index (χ4v) is 4.44. The van der Waals surface area contributed by atoms with Crippen LogP contribution in [0.1, 0.15) is 11.1 Å². The fourth-order valence-electron chi connectivity index (χ4n) is 2.20. The van der Waals surface area contributed by atoms with Gasteiger partial charge in [-0.2, -0.15) is 0 Å². The van der Waals surface area contributed by atoms with Crippen molar-refractivity contribution < 1.29 is 8.42 Å². The Kier molecular flexibility index (Phi) is 4.74. The summed E-state index contributed by atoms with van der Waals surface area (Å²) in [5, 5.41) is 0. The van der Waals surface area contributed by atoms with Crippen LogP contribution in [0.3, 0.4) is 0 Å². The summed E-state index contributed by atoms with van der Waals surface area (Å²) in [5.41, 5.74) is 5.06. The number of sulfonamides is 1. The number of rotatable bonds is 4. The highest BCUT2D eigenvalue weighted by Crippen LogP contribution is 2.27. The lowest BCUT2D eigenvalue weighted by molar-refractivity contribution is 0.600. The van der Waals surface area contributed by atoms with E-state index in [9.17, 15) is 8.42 Å². The summed E-state index contributed by atoms with van der Waals surface area (Å²) >= 11 is 2.09. The van der Waals surface area contributed by atoms with Gasteiger partial charge in [0.05, 0.1) is 10.6 Å². The highest BCUT2D eigenvalue weighted by molar-refractivity contribution is 14.1. The zero-order valence-corrected chi connectivity index (χ0v) is 14.6. The first kappa shape index (κ1) is 16.1. The number of halogens is 1. The van der Waals surface area contributed by atoms with Crippen LogP contribution in [0.5, 0.6) is 0 Å². The first-order valence-corrected chi connectivity index (χ1v) is 8.76. The Morgan fingerprint density at radius 2 is 1.67 bits per heavy atom. The normalized spacial score (nSPS) is 11.2. The number of anilines is 2. The molecule has 0 heterocycles. The van der Waals surface area contributed by atoms with E-state index in [1.165, 1.54) is 0 Å². The van der Waals surface area contributed by atoms with Gasteiger partial charge in [-0.3, -0.25) is 10.6 Å². The van der Waals surface area contributed by atoms with Crippen LogP contribution in [-0.2, 0) is 10.0 Å². The van der Waals surface area contributed by atoms with Gasteiger partial charge in [0.25, 0.3) is 10.0 Å². The van der Waals surface area contributed by atoms with E-state index in [-0.39, 0.29) is 4.90 Å². The van der Waals surface area contributed by atoms with Crippen molar-refractivity contribution in [2.75, 3.05) is 10.1 Å². The molecule has 0 amide bonds. The second-order valence-corrected chi connectivity index (χ2v) is 7.45. The maximum Gasteiger partial charge on any atom is 0.262 e. The van der Waals surface area contributed by atoms with Gasteiger partial charge in [-0.05, 0) is 71.8 Å². The third-order valence-electron chi connectivity index (χ3n) is 3.01. The Labute approximate surface area is 138 Å². The highest BCUT2D eigenvalue weighted by Gasteiger charge is 2.21. The molecule has 0 spiro atoms. The van der Waals surface area contributed by atoms with Crippen molar-refractivity contribution in [2.45, 2.75) is 18.7 Å². The number of nitrogens with two attached hydrogens (primary N) is 1. The standard InChI is InChI=1S/C14H16IN3O2S/c1-9-7-11(17-16)8-10(2)14(9)21(19,20)18-13-6-4-3-5-12(13)15/h3-8,17-18H,16H2,1-2H3. The van der Waals surface area contributed by atoms with E-state index in [1.54, 1.807) is 38.1 Å². The van der Waals surface area contributed by atoms with Crippen LogP contribution in [-0.4, -0.2) is 8.42 Å². The highest BCUT2D eigenvalue weighted by atomic mass is 127. The molecule has 5 nitrogen and oxygen atoms in total. The summed E-state index contributed by atoms with van der Waals surface area (Å²) in [5.74, 6) is 5.37. The van der Waals surface area contributed by atoms with Gasteiger partial charge in [0.2, 0.25) is 0 Å². The average Bonchev–Trinajstić information content (AvgIpc) is 2.40. The lowest BCUT2D eigenvalue weighted by Gasteiger charge is -2.15. The SMILES string of the molecule is Cc1cc(NN)cc(C)c1S(=O)(=O)Nc1ccccc1I. The van der Waals surface area contributed by atoms with Crippen LogP contribution in [0, 0.1) is 17.4 Å². The minimum Gasteiger partial charge on any atom is -0.324 e. The number of hydrogen-bond donors (Lipinski definition) is 3. The molecule has 4 N–H and O–H groups in total. The molecule has 0 bridgehead atoms. The molecule has 0 fully saturated rings. The number of benzene rings is 2. The minimum atomic E-state index is -3.65. The number of hydrogen-bond acceptors (Lipinski definition) is 4. The van der Waals surface area contributed by atoms with E-state index < -0.39 is 10.0 Å². The maximum atomic E-state index is 12.6. The van der Waals surface area contributed by atoms with Crippen LogP contribution >= 0.6 is 22.6 Å². The predicted octanol–water partition coefficient (Wildman–Crippen LogP) is 2.99. The Bertz CT molecular complexity index is 753. The average molecular weight is 417 g/mol. The smallest absolute Gasteiger partial charge is 0.262 e. The topological polar surface area (TPSA) is 84.2 Å². The molecule has 0 aliphatic carbocycles. The lowest BCUT2D eigenvalue weighted by Crippen LogP contribution is -2.17. The lowest BCUT2D eigenvalue weighted by atomic mass is 10.1. The van der Waals surface area contributed by atoms with Crippen molar-refractivity contribution in [3.63, 3.8) is 0 Å². The van der Waals surface area contributed by atoms with Crippen LogP contribution in [0.25, 0.3) is 0 Å². The van der Waals surface area contributed by atoms with Crippen LogP contribution in [0.15, 0.2) is 41.3 Å². The first-order valence-electron chi connectivity index (χ1n) is 6.20. The molecule has 0 saturated heterocycles. The van der Waals surface area contributed by atoms with Gasteiger partial charge in [-0.15, -0.1) is 0 Å². The molecule has 2 aromatic carbocycles. The van der Waals surface area contributed by atoms with Gasteiger partial charge in [0, 0.05) is 9.26 Å². The van der Waals surface area contributed by atoms with Gasteiger partial charge >= 0.3 is 0 Å². The van der Waals surface area contributed by atoms with Crippen LogP contribution < -0.4 is 16.0 Å². The van der Waals surface area contributed by atoms with E-state index in [0.29, 0.717) is 22.5 Å². The summed E-state index contributed by atoms with van der Waals surface area (Å²) in [4.78, 5) is 0.279. The van der Waals surface area contributed by atoms with Crippen LogP contribution in [0.4, 0.5) is 11.4 Å². The summed E-state index contributed by atoms with van der Waals surface area (Å²) < 4.78 is 28.7. The number of para-hydroxylation sites is 1. The molecule has 0 aliphatic rings. The van der Waals surface area contributed by atoms with Gasteiger partial charge in [-0.25, -0.2) is 8.42 Å². The molecule has 7 heteroatoms. The van der Waals surface area contributed by atoms with Gasteiger partial charge in [0.1, 0.15) is 0 Å². The third kappa shape index (κ3) is 3.47. The first-order chi connectivity index (χ1) is 9.85. The summed E-state index contributed by atoms with van der Waals surface area (Å²) in [6.45, 7) is 3.50. The van der Waals surface area contributed by atoms with E-state index in [4.69, 9.17) is 5.84 Å². The minimum absolute atomic E-state index is 0.279. The number of nitrogen functional groups attached to an aromatic ring is 1. The van der Waals surface area contributed by atoms with Crippen molar-refractivity contribution in [1.82, 2.24) is 0 Å². The Morgan fingerprint density at radius 1 is 1.10 bits per heavy atom.